The fourth-order valence-electron chi connectivity index (χ4n) is 13.4. The van der Waals surface area contributed by atoms with Crippen LogP contribution in [0.15, 0.2) is 146 Å². The van der Waals surface area contributed by atoms with E-state index in [9.17, 15) is 0 Å². The summed E-state index contributed by atoms with van der Waals surface area (Å²) in [6.45, 7) is 35.4. The zero-order chi connectivity index (χ0) is 52.4. The van der Waals surface area contributed by atoms with Crippen molar-refractivity contribution < 1.29 is 0 Å². The number of rotatable bonds is 2. The number of aromatic nitrogens is 3. The van der Waals surface area contributed by atoms with Gasteiger partial charge >= 0.3 is 0 Å². The third-order valence-electron chi connectivity index (χ3n) is 17.5. The summed E-state index contributed by atoms with van der Waals surface area (Å²) < 4.78 is 8.02. The second-order valence-electron chi connectivity index (χ2n) is 27.5. The Morgan fingerprint density at radius 1 is 0.333 bits per heavy atom. The zero-order valence-corrected chi connectivity index (χ0v) is 46.7. The summed E-state index contributed by atoms with van der Waals surface area (Å²) in [5.74, 6) is 0. The molecule has 0 spiro atoms. The number of nitrogens with zero attached hydrogens (tertiary/aromatic N) is 4. The van der Waals surface area contributed by atoms with Gasteiger partial charge in [-0.05, 0) is 138 Å². The average molecular weight is 977 g/mol. The number of fused-ring (bicyclic) bond motifs is 17. The Kier molecular flexibility index (Phi) is 9.13. The van der Waals surface area contributed by atoms with E-state index in [4.69, 9.17) is 0 Å². The lowest BCUT2D eigenvalue weighted by molar-refractivity contribution is 0.590. The first-order valence-corrected chi connectivity index (χ1v) is 27.5. The number of benzene rings is 8. The summed E-state index contributed by atoms with van der Waals surface area (Å²) in [5.41, 5.74) is 25.6. The number of hydrogen-bond donors (Lipinski definition) is 0. The molecule has 372 valence electrons. The van der Waals surface area contributed by atoms with Crippen molar-refractivity contribution in [2.24, 2.45) is 0 Å². The van der Waals surface area contributed by atoms with E-state index in [1.54, 1.807) is 0 Å². The molecule has 0 fully saturated rings. The molecule has 5 heteroatoms. The highest BCUT2D eigenvalue weighted by atomic mass is 15.2. The molecule has 8 aromatic carbocycles. The molecule has 12 aromatic rings. The Balaban J connectivity index is 1.31. The van der Waals surface area contributed by atoms with Crippen LogP contribution in [0.5, 0.6) is 0 Å². The van der Waals surface area contributed by atoms with Crippen LogP contribution in [0.3, 0.4) is 0 Å². The first kappa shape index (κ1) is 46.3. The minimum Gasteiger partial charge on any atom is -0.311 e. The van der Waals surface area contributed by atoms with Crippen LogP contribution in [-0.4, -0.2) is 20.2 Å². The Morgan fingerprint density at radius 2 is 0.827 bits per heavy atom. The molecule has 2 aliphatic heterocycles. The summed E-state index contributed by atoms with van der Waals surface area (Å²) in [6, 6.07) is 57.3. The maximum absolute atomic E-state index is 2.79. The van der Waals surface area contributed by atoms with Crippen molar-refractivity contribution in [3.05, 3.63) is 173 Å². The van der Waals surface area contributed by atoms with Gasteiger partial charge in [-0.15, -0.1) is 0 Å². The van der Waals surface area contributed by atoms with Crippen LogP contribution in [0.2, 0.25) is 0 Å². The smallest absolute Gasteiger partial charge is 0.252 e. The highest BCUT2D eigenvalue weighted by molar-refractivity contribution is 7.01. The van der Waals surface area contributed by atoms with Crippen molar-refractivity contribution in [2.75, 3.05) is 4.90 Å². The molecular weight excluding hydrogens is 908 g/mol. The molecule has 0 radical (unpaired) electrons. The van der Waals surface area contributed by atoms with Crippen molar-refractivity contribution in [2.45, 2.75) is 131 Å². The first-order chi connectivity index (χ1) is 35.4. The molecule has 0 saturated heterocycles. The maximum atomic E-state index is 2.79. The molecule has 0 aliphatic carbocycles. The zero-order valence-electron chi connectivity index (χ0n) is 46.7. The summed E-state index contributed by atoms with van der Waals surface area (Å²) in [4.78, 5) is 2.70. The van der Waals surface area contributed by atoms with Crippen LogP contribution in [0.4, 0.5) is 17.1 Å². The van der Waals surface area contributed by atoms with E-state index in [2.05, 4.69) is 268 Å². The molecule has 0 unspecified atom stereocenters. The fourth-order valence-corrected chi connectivity index (χ4v) is 13.4. The summed E-state index contributed by atoms with van der Waals surface area (Å²) in [7, 11) is 0. The Morgan fingerprint density at radius 3 is 1.43 bits per heavy atom. The third kappa shape index (κ3) is 6.30. The van der Waals surface area contributed by atoms with Gasteiger partial charge in [-0.25, -0.2) is 0 Å². The van der Waals surface area contributed by atoms with E-state index < -0.39 is 0 Å². The van der Waals surface area contributed by atoms with Crippen LogP contribution in [-0.2, 0) is 27.1 Å². The second-order valence-corrected chi connectivity index (χ2v) is 27.5. The molecule has 0 saturated carbocycles. The molecule has 0 bridgehead atoms. The molecule has 14 rings (SSSR count). The average Bonchev–Trinajstić information content (AvgIpc) is 4.31. The summed E-state index contributed by atoms with van der Waals surface area (Å²) in [6.07, 6.45) is 0. The molecule has 75 heavy (non-hydrogen) atoms. The molecular formula is C70H69BN4. The molecule has 0 amide bonds. The van der Waals surface area contributed by atoms with E-state index in [0.29, 0.717) is 0 Å². The number of hydrogen-bond acceptors (Lipinski definition) is 1. The van der Waals surface area contributed by atoms with Gasteiger partial charge in [-0.2, -0.15) is 0 Å². The van der Waals surface area contributed by atoms with Gasteiger partial charge in [0.05, 0.1) is 50.0 Å². The van der Waals surface area contributed by atoms with E-state index in [-0.39, 0.29) is 33.8 Å². The van der Waals surface area contributed by atoms with Gasteiger partial charge < -0.3 is 18.4 Å². The van der Waals surface area contributed by atoms with Gasteiger partial charge in [-0.1, -0.05) is 183 Å². The van der Waals surface area contributed by atoms with Crippen LogP contribution in [0.1, 0.15) is 132 Å². The van der Waals surface area contributed by atoms with E-state index >= 15 is 0 Å². The van der Waals surface area contributed by atoms with Gasteiger partial charge in [-0.3, -0.25) is 0 Å². The van der Waals surface area contributed by atoms with Crippen molar-refractivity contribution in [1.82, 2.24) is 13.5 Å². The molecule has 4 aromatic heterocycles. The first-order valence-electron chi connectivity index (χ1n) is 27.5. The topological polar surface area (TPSA) is 17.5 Å². The van der Waals surface area contributed by atoms with E-state index in [1.165, 1.54) is 144 Å². The van der Waals surface area contributed by atoms with Gasteiger partial charge in [0.2, 0.25) is 0 Å². The van der Waals surface area contributed by atoms with Crippen molar-refractivity contribution >= 4 is 111 Å². The highest BCUT2D eigenvalue weighted by Gasteiger charge is 2.47. The SMILES string of the molecule is CC(C)(C)c1ccc(N2c3ccc(C(C)(C)C)cc3B3c4c2c2c5cc(C(C)(C)C)ccc5n5c6ccc(C(C)(C)C)cc6c(c4-n4c6c3cc(C(C)(C)C)cc6c3c4c4ccccc4n3-c3ccccc3)c25)cc1. The minimum absolute atomic E-state index is 0.00487. The van der Waals surface area contributed by atoms with Crippen LogP contribution < -0.4 is 21.3 Å². The van der Waals surface area contributed by atoms with Crippen LogP contribution in [0, 0.1) is 0 Å². The quantitative estimate of drug-likeness (QED) is 0.158. The molecule has 4 nitrogen and oxygen atoms in total. The minimum atomic E-state index is -0.130. The van der Waals surface area contributed by atoms with E-state index in [1.807, 2.05) is 0 Å². The predicted molar refractivity (Wildman–Crippen MR) is 325 cm³/mol. The lowest BCUT2D eigenvalue weighted by atomic mass is 9.33. The summed E-state index contributed by atoms with van der Waals surface area (Å²) in [5, 5.41) is 7.85. The second kappa shape index (κ2) is 14.8. The summed E-state index contributed by atoms with van der Waals surface area (Å²) >= 11 is 0. The number of anilines is 3. The van der Waals surface area contributed by atoms with Crippen LogP contribution in [0.25, 0.3) is 82.3 Å². The Hall–Kier alpha value is -7.24. The van der Waals surface area contributed by atoms with Crippen molar-refractivity contribution in [3.63, 3.8) is 0 Å². The molecule has 0 N–H and O–H groups in total. The Labute approximate surface area is 443 Å². The maximum Gasteiger partial charge on any atom is 0.252 e. The largest absolute Gasteiger partial charge is 0.311 e. The standard InChI is InChI=1S/C70H69BN4/c1-66(2,3)40-25-30-46(31-26-40)73-56-34-29-43(69(10,11)12)38-51(56)71-52-39-44(70(13,14)15)37-50-60(52)75(61-47-23-19-20-24-53(47)72(62(50)61)45-21-17-16-18-22-45)65-58-49-36-42(68(7,8)9)28-33-55(49)74-54-32-27-41(67(4,5)6)35-48(54)57(63(58)74)64(73)59(65)71/h16-39H,1-15H3. The normalized spacial score (nSPS) is 14.3. The molecule has 6 heterocycles. The van der Waals surface area contributed by atoms with Gasteiger partial charge in [0.15, 0.2) is 0 Å². The lowest BCUT2D eigenvalue weighted by Crippen LogP contribution is -2.61. The number of para-hydroxylation sites is 2. The molecule has 0 atom stereocenters. The highest BCUT2D eigenvalue weighted by Crippen LogP contribution is 2.54. The molecule has 2 aliphatic rings. The lowest BCUT2D eigenvalue weighted by Gasteiger charge is -2.42. The van der Waals surface area contributed by atoms with Crippen molar-refractivity contribution in [3.8, 4) is 11.4 Å². The van der Waals surface area contributed by atoms with Crippen molar-refractivity contribution in [1.29, 1.82) is 0 Å². The van der Waals surface area contributed by atoms with Crippen LogP contribution >= 0.6 is 0 Å². The van der Waals surface area contributed by atoms with Gasteiger partial charge in [0, 0.05) is 49.4 Å². The van der Waals surface area contributed by atoms with E-state index in [0.717, 1.165) is 0 Å². The monoisotopic (exact) mass is 977 g/mol. The van der Waals surface area contributed by atoms with Gasteiger partial charge in [0.1, 0.15) is 0 Å². The fraction of sp³-hybridized carbons (Fsp3) is 0.286. The predicted octanol–water partition coefficient (Wildman–Crippen LogP) is 17.0. The third-order valence-corrected chi connectivity index (χ3v) is 17.5. The Bertz CT molecular complexity index is 4410. The van der Waals surface area contributed by atoms with Gasteiger partial charge in [0.25, 0.3) is 6.71 Å².